The van der Waals surface area contributed by atoms with Crippen molar-refractivity contribution in [2.45, 2.75) is 32.6 Å². The largest absolute Gasteiger partial charge is 0.318 e. The van der Waals surface area contributed by atoms with Crippen LogP contribution in [-0.4, -0.2) is 36.6 Å². The van der Waals surface area contributed by atoms with Gasteiger partial charge in [-0.2, -0.15) is 5.10 Å². The number of nitrogens with one attached hydrogen (secondary N) is 1. The van der Waals surface area contributed by atoms with E-state index < -0.39 is 27.4 Å². The lowest BCUT2D eigenvalue weighted by Gasteiger charge is -2.23. The minimum absolute atomic E-state index is 0.0193. The average Bonchev–Trinajstić information content (AvgIpc) is 3.20. The number of hydrogen-bond donors (Lipinski definition) is 1. The summed E-state index contributed by atoms with van der Waals surface area (Å²) in [5.74, 6) is -0.717. The molecule has 1 heterocycles. The maximum Gasteiger partial charge on any atom is 0.271 e. The van der Waals surface area contributed by atoms with Crippen molar-refractivity contribution in [3.63, 3.8) is 0 Å². The van der Waals surface area contributed by atoms with Crippen molar-refractivity contribution in [2.75, 3.05) is 10.8 Å². The maximum atomic E-state index is 13.4. The fourth-order valence-electron chi connectivity index (χ4n) is 4.48. The third-order valence-corrected chi connectivity index (χ3v) is 8.19. The van der Waals surface area contributed by atoms with Crippen LogP contribution in [0, 0.1) is 37.8 Å². The molecule has 0 bridgehead atoms. The van der Waals surface area contributed by atoms with E-state index in [4.69, 9.17) is 0 Å². The first-order valence-corrected chi connectivity index (χ1v) is 13.8. The van der Waals surface area contributed by atoms with Crippen LogP contribution in [-0.2, 0) is 14.8 Å². The van der Waals surface area contributed by atoms with Gasteiger partial charge in [0.05, 0.1) is 21.7 Å². The van der Waals surface area contributed by atoms with Crippen LogP contribution in [0.15, 0.2) is 88.9 Å². The number of nitro benzene ring substituents is 1. The fraction of sp³-hybridized carbons (Fsp3) is 0.172. The van der Waals surface area contributed by atoms with Gasteiger partial charge in [-0.1, -0.05) is 42.0 Å². The summed E-state index contributed by atoms with van der Waals surface area (Å²) in [7, 11) is -4.22. The Balaban J connectivity index is 1.58. The molecule has 4 rings (SSSR count). The van der Waals surface area contributed by atoms with Gasteiger partial charge < -0.3 is 4.57 Å². The van der Waals surface area contributed by atoms with Gasteiger partial charge in [0.25, 0.3) is 21.6 Å². The van der Waals surface area contributed by atoms with E-state index in [1.807, 2.05) is 39.8 Å². The van der Waals surface area contributed by atoms with E-state index in [0.29, 0.717) is 0 Å². The van der Waals surface area contributed by atoms with E-state index in [1.165, 1.54) is 42.1 Å². The highest BCUT2D eigenvalue weighted by Crippen LogP contribution is 2.27. The number of rotatable bonds is 9. The molecule has 0 radical (unpaired) electrons. The molecule has 0 saturated heterocycles. The standard InChI is InChI=1S/C29H29N5O5S/c1-20-13-14-28(21(2)15-20)33-22(3)16-24(23(33)4)18-30-31-29(35)19-32(25-9-8-10-26(17-25)34(36)37)40(38,39)27-11-6-5-7-12-27/h5-18H,19H2,1-4H3,(H,31,35)/b30-18+. The van der Waals surface area contributed by atoms with Gasteiger partial charge in [0, 0.05) is 34.8 Å². The molecule has 11 heteroatoms. The number of aryl methyl sites for hydroxylation is 3. The lowest BCUT2D eigenvalue weighted by Crippen LogP contribution is -2.39. The molecule has 0 spiro atoms. The lowest BCUT2D eigenvalue weighted by molar-refractivity contribution is -0.384. The fourth-order valence-corrected chi connectivity index (χ4v) is 5.92. The summed E-state index contributed by atoms with van der Waals surface area (Å²) in [6.45, 7) is 7.38. The first-order chi connectivity index (χ1) is 19.0. The van der Waals surface area contributed by atoms with Crippen molar-refractivity contribution >= 4 is 33.5 Å². The van der Waals surface area contributed by atoms with Crippen LogP contribution in [0.2, 0.25) is 0 Å². The summed E-state index contributed by atoms with van der Waals surface area (Å²) in [5, 5.41) is 15.4. The normalized spacial score (nSPS) is 11.5. The summed E-state index contributed by atoms with van der Waals surface area (Å²) >= 11 is 0. The molecule has 4 aromatic rings. The third-order valence-electron chi connectivity index (χ3n) is 6.40. The predicted molar refractivity (Wildman–Crippen MR) is 155 cm³/mol. The Kier molecular flexibility index (Phi) is 8.15. The SMILES string of the molecule is Cc1ccc(-n2c(C)cc(/C=N/NC(=O)CN(c3cccc([N+](=O)[O-])c3)S(=O)(=O)c3ccccc3)c2C)c(C)c1. The first kappa shape index (κ1) is 28.2. The number of anilines is 1. The summed E-state index contributed by atoms with van der Waals surface area (Å²) in [6, 6.07) is 20.8. The summed E-state index contributed by atoms with van der Waals surface area (Å²) in [6.07, 6.45) is 1.50. The third kappa shape index (κ3) is 5.94. The highest BCUT2D eigenvalue weighted by atomic mass is 32.2. The second kappa shape index (κ2) is 11.5. The van der Waals surface area contributed by atoms with Gasteiger partial charge in [-0.15, -0.1) is 0 Å². The topological polar surface area (TPSA) is 127 Å². The molecular weight excluding hydrogens is 530 g/mol. The Bertz CT molecular complexity index is 1710. The lowest BCUT2D eigenvalue weighted by atomic mass is 10.1. The van der Waals surface area contributed by atoms with Gasteiger partial charge in [-0.3, -0.25) is 19.2 Å². The van der Waals surface area contributed by atoms with Gasteiger partial charge in [-0.05, 0) is 63.6 Å². The second-order valence-corrected chi connectivity index (χ2v) is 11.2. The number of amides is 1. The first-order valence-electron chi connectivity index (χ1n) is 12.4. The molecule has 0 atom stereocenters. The smallest absolute Gasteiger partial charge is 0.271 e. The van der Waals surface area contributed by atoms with Crippen molar-refractivity contribution in [3.05, 3.63) is 117 Å². The van der Waals surface area contributed by atoms with Crippen molar-refractivity contribution in [2.24, 2.45) is 5.10 Å². The highest BCUT2D eigenvalue weighted by molar-refractivity contribution is 7.92. The van der Waals surface area contributed by atoms with Crippen LogP contribution in [0.5, 0.6) is 0 Å². The molecule has 0 aliphatic carbocycles. The highest BCUT2D eigenvalue weighted by Gasteiger charge is 2.28. The van der Waals surface area contributed by atoms with Gasteiger partial charge in [-0.25, -0.2) is 13.8 Å². The summed E-state index contributed by atoms with van der Waals surface area (Å²) < 4.78 is 29.8. The van der Waals surface area contributed by atoms with E-state index in [1.54, 1.807) is 18.2 Å². The van der Waals surface area contributed by atoms with Crippen molar-refractivity contribution in [3.8, 4) is 5.69 Å². The molecule has 3 aromatic carbocycles. The zero-order chi connectivity index (χ0) is 29.0. The van der Waals surface area contributed by atoms with Crippen LogP contribution >= 0.6 is 0 Å². The number of benzene rings is 3. The molecule has 0 aliphatic heterocycles. The van der Waals surface area contributed by atoms with E-state index in [9.17, 15) is 23.3 Å². The number of hydrogen-bond acceptors (Lipinski definition) is 6. The second-order valence-electron chi connectivity index (χ2n) is 9.35. The Morgan fingerprint density at radius 2 is 1.73 bits per heavy atom. The number of hydrazone groups is 1. The van der Waals surface area contributed by atoms with Crippen LogP contribution < -0.4 is 9.73 Å². The molecule has 0 saturated carbocycles. The minimum atomic E-state index is -4.22. The van der Waals surface area contributed by atoms with Crippen molar-refractivity contribution < 1.29 is 18.1 Å². The van der Waals surface area contributed by atoms with Gasteiger partial charge in [0.15, 0.2) is 0 Å². The number of nitro groups is 1. The number of aromatic nitrogens is 1. The van der Waals surface area contributed by atoms with Gasteiger partial charge >= 0.3 is 0 Å². The van der Waals surface area contributed by atoms with Crippen molar-refractivity contribution in [1.29, 1.82) is 0 Å². The monoisotopic (exact) mass is 559 g/mol. The number of sulfonamides is 1. The van der Waals surface area contributed by atoms with Crippen LogP contribution in [0.4, 0.5) is 11.4 Å². The molecular formula is C29H29N5O5S. The quantitative estimate of drug-likeness (QED) is 0.176. The molecule has 206 valence electrons. The van der Waals surface area contributed by atoms with E-state index in [0.717, 1.165) is 38.6 Å². The Hall–Kier alpha value is -4.77. The van der Waals surface area contributed by atoms with E-state index in [-0.39, 0.29) is 16.3 Å². The van der Waals surface area contributed by atoms with Crippen LogP contribution in [0.1, 0.15) is 28.1 Å². The van der Waals surface area contributed by atoms with Crippen LogP contribution in [0.3, 0.4) is 0 Å². The number of nitrogens with zero attached hydrogens (tertiary/aromatic N) is 4. The average molecular weight is 560 g/mol. The van der Waals surface area contributed by atoms with Gasteiger partial charge in [0.2, 0.25) is 0 Å². The number of carbonyl (C=O) groups is 1. The van der Waals surface area contributed by atoms with E-state index in [2.05, 4.69) is 27.2 Å². The molecule has 10 nitrogen and oxygen atoms in total. The molecule has 40 heavy (non-hydrogen) atoms. The molecule has 0 aliphatic rings. The molecule has 1 aromatic heterocycles. The van der Waals surface area contributed by atoms with E-state index >= 15 is 0 Å². The molecule has 1 N–H and O–H groups in total. The molecule has 0 unspecified atom stereocenters. The van der Waals surface area contributed by atoms with Crippen LogP contribution in [0.25, 0.3) is 5.69 Å². The predicted octanol–water partition coefficient (Wildman–Crippen LogP) is 4.96. The Labute approximate surface area is 232 Å². The molecule has 0 fully saturated rings. The maximum absolute atomic E-state index is 13.4. The Morgan fingerprint density at radius 3 is 2.40 bits per heavy atom. The number of non-ortho nitro benzene ring substituents is 1. The zero-order valence-corrected chi connectivity index (χ0v) is 23.3. The summed E-state index contributed by atoms with van der Waals surface area (Å²) in [4.78, 5) is 23.5. The summed E-state index contributed by atoms with van der Waals surface area (Å²) in [5.41, 5.74) is 8.10. The Morgan fingerprint density at radius 1 is 1.00 bits per heavy atom. The molecule has 1 amide bonds. The number of carbonyl (C=O) groups excluding carboxylic acids is 1. The van der Waals surface area contributed by atoms with Crippen molar-refractivity contribution in [1.82, 2.24) is 9.99 Å². The minimum Gasteiger partial charge on any atom is -0.318 e. The van der Waals surface area contributed by atoms with Gasteiger partial charge in [0.1, 0.15) is 6.54 Å². The zero-order valence-electron chi connectivity index (χ0n) is 22.5.